The molecule has 2 N–H and O–H groups in total. The Morgan fingerprint density at radius 3 is 2.35 bits per heavy atom. The molecule has 0 aromatic heterocycles. The van der Waals surface area contributed by atoms with Gasteiger partial charge < -0.3 is 10.6 Å². The van der Waals surface area contributed by atoms with Gasteiger partial charge in [0.2, 0.25) is 0 Å². The van der Waals surface area contributed by atoms with Gasteiger partial charge in [0, 0.05) is 13.6 Å². The third-order valence-electron chi connectivity index (χ3n) is 2.55. The van der Waals surface area contributed by atoms with Crippen molar-refractivity contribution in [2.75, 3.05) is 13.6 Å². The standard InChI is InChI=1S/C14H23N3/c1-11(2)10-16-14(15-4)17-12(3)13-8-6-5-7-9-13/h5-9,11-12H,10H2,1-4H3,(H2,15,16,17). The summed E-state index contributed by atoms with van der Waals surface area (Å²) in [6, 6.07) is 10.6. The number of benzene rings is 1. The molecule has 1 atom stereocenters. The normalized spacial score (nSPS) is 13.6. The van der Waals surface area contributed by atoms with Crippen LogP contribution in [0.25, 0.3) is 0 Å². The van der Waals surface area contributed by atoms with Crippen LogP contribution in [0.5, 0.6) is 0 Å². The maximum atomic E-state index is 4.22. The van der Waals surface area contributed by atoms with Crippen molar-refractivity contribution in [3.8, 4) is 0 Å². The van der Waals surface area contributed by atoms with Crippen LogP contribution in [0.1, 0.15) is 32.4 Å². The van der Waals surface area contributed by atoms with Gasteiger partial charge >= 0.3 is 0 Å². The van der Waals surface area contributed by atoms with E-state index in [2.05, 4.69) is 60.7 Å². The molecule has 1 rings (SSSR count). The fourth-order valence-electron chi connectivity index (χ4n) is 1.53. The molecule has 0 aliphatic carbocycles. The molecule has 0 heterocycles. The molecular weight excluding hydrogens is 210 g/mol. The third-order valence-corrected chi connectivity index (χ3v) is 2.55. The summed E-state index contributed by atoms with van der Waals surface area (Å²) in [7, 11) is 1.80. The van der Waals surface area contributed by atoms with E-state index in [0.29, 0.717) is 5.92 Å². The van der Waals surface area contributed by atoms with Gasteiger partial charge in [-0.2, -0.15) is 0 Å². The van der Waals surface area contributed by atoms with Crippen LogP contribution in [-0.2, 0) is 0 Å². The van der Waals surface area contributed by atoms with E-state index in [1.165, 1.54) is 5.56 Å². The zero-order valence-electron chi connectivity index (χ0n) is 11.2. The van der Waals surface area contributed by atoms with Gasteiger partial charge in [-0.3, -0.25) is 4.99 Å². The molecule has 3 heteroatoms. The van der Waals surface area contributed by atoms with E-state index in [9.17, 15) is 0 Å². The van der Waals surface area contributed by atoms with Crippen molar-refractivity contribution in [2.24, 2.45) is 10.9 Å². The Kier molecular flexibility index (Phi) is 5.53. The molecule has 0 bridgehead atoms. The van der Waals surface area contributed by atoms with Gasteiger partial charge in [-0.05, 0) is 18.4 Å². The highest BCUT2D eigenvalue weighted by atomic mass is 15.2. The number of rotatable bonds is 4. The number of hydrogen-bond donors (Lipinski definition) is 2. The second-order valence-corrected chi connectivity index (χ2v) is 4.62. The van der Waals surface area contributed by atoms with Gasteiger partial charge in [-0.15, -0.1) is 0 Å². The summed E-state index contributed by atoms with van der Waals surface area (Å²) in [4.78, 5) is 4.22. The topological polar surface area (TPSA) is 36.4 Å². The molecule has 0 saturated heterocycles. The molecule has 0 aliphatic heterocycles. The molecular formula is C14H23N3. The number of nitrogens with zero attached hydrogens (tertiary/aromatic N) is 1. The molecule has 0 spiro atoms. The molecule has 3 nitrogen and oxygen atoms in total. The second kappa shape index (κ2) is 6.94. The van der Waals surface area contributed by atoms with E-state index in [1.54, 1.807) is 7.05 Å². The Morgan fingerprint density at radius 2 is 1.82 bits per heavy atom. The van der Waals surface area contributed by atoms with Gasteiger partial charge in [0.15, 0.2) is 5.96 Å². The first-order valence-electron chi connectivity index (χ1n) is 6.15. The zero-order valence-corrected chi connectivity index (χ0v) is 11.2. The van der Waals surface area contributed by atoms with Crippen LogP contribution in [0, 0.1) is 5.92 Å². The predicted octanol–water partition coefficient (Wildman–Crippen LogP) is 2.57. The number of hydrogen-bond acceptors (Lipinski definition) is 1. The van der Waals surface area contributed by atoms with Crippen LogP contribution in [-0.4, -0.2) is 19.6 Å². The Hall–Kier alpha value is -1.51. The van der Waals surface area contributed by atoms with Crippen molar-refractivity contribution in [1.82, 2.24) is 10.6 Å². The summed E-state index contributed by atoms with van der Waals surface area (Å²) >= 11 is 0. The molecule has 94 valence electrons. The van der Waals surface area contributed by atoms with E-state index in [1.807, 2.05) is 6.07 Å². The quantitative estimate of drug-likeness (QED) is 0.619. The Bertz CT molecular complexity index is 344. The molecule has 17 heavy (non-hydrogen) atoms. The van der Waals surface area contributed by atoms with Crippen molar-refractivity contribution in [3.05, 3.63) is 35.9 Å². The summed E-state index contributed by atoms with van der Waals surface area (Å²) in [6.07, 6.45) is 0. The Labute approximate surface area is 104 Å². The monoisotopic (exact) mass is 233 g/mol. The molecule has 0 aliphatic rings. The van der Waals surface area contributed by atoms with E-state index >= 15 is 0 Å². The average molecular weight is 233 g/mol. The van der Waals surface area contributed by atoms with E-state index in [-0.39, 0.29) is 6.04 Å². The minimum Gasteiger partial charge on any atom is -0.356 e. The van der Waals surface area contributed by atoms with E-state index in [4.69, 9.17) is 0 Å². The number of guanidine groups is 1. The molecule has 0 radical (unpaired) electrons. The molecule has 1 unspecified atom stereocenters. The second-order valence-electron chi connectivity index (χ2n) is 4.62. The summed E-state index contributed by atoms with van der Waals surface area (Å²) in [5, 5.41) is 6.69. The highest BCUT2D eigenvalue weighted by molar-refractivity contribution is 5.80. The first kappa shape index (κ1) is 13.6. The fourth-order valence-corrected chi connectivity index (χ4v) is 1.53. The van der Waals surface area contributed by atoms with Gasteiger partial charge in [-0.25, -0.2) is 0 Å². The van der Waals surface area contributed by atoms with Gasteiger partial charge in [-0.1, -0.05) is 44.2 Å². The van der Waals surface area contributed by atoms with Crippen molar-refractivity contribution < 1.29 is 0 Å². The van der Waals surface area contributed by atoms with Crippen molar-refractivity contribution in [1.29, 1.82) is 0 Å². The maximum absolute atomic E-state index is 4.22. The lowest BCUT2D eigenvalue weighted by Crippen LogP contribution is -2.40. The van der Waals surface area contributed by atoms with Crippen LogP contribution in [0.15, 0.2) is 35.3 Å². The molecule has 1 aromatic rings. The fraction of sp³-hybridized carbons (Fsp3) is 0.500. The highest BCUT2D eigenvalue weighted by Crippen LogP contribution is 2.10. The summed E-state index contributed by atoms with van der Waals surface area (Å²) in [6.45, 7) is 7.43. The number of aliphatic imine (C=N–C) groups is 1. The van der Waals surface area contributed by atoms with Gasteiger partial charge in [0.05, 0.1) is 6.04 Å². The Morgan fingerprint density at radius 1 is 1.18 bits per heavy atom. The van der Waals surface area contributed by atoms with Gasteiger partial charge in [0.1, 0.15) is 0 Å². The summed E-state index contributed by atoms with van der Waals surface area (Å²) in [5.41, 5.74) is 1.26. The molecule has 0 amide bonds. The molecule has 1 aromatic carbocycles. The predicted molar refractivity (Wildman–Crippen MR) is 74.2 cm³/mol. The van der Waals surface area contributed by atoms with E-state index in [0.717, 1.165) is 12.5 Å². The number of nitrogens with one attached hydrogen (secondary N) is 2. The first-order chi connectivity index (χ1) is 8.13. The van der Waals surface area contributed by atoms with Crippen molar-refractivity contribution in [3.63, 3.8) is 0 Å². The van der Waals surface area contributed by atoms with Crippen LogP contribution in [0.3, 0.4) is 0 Å². The van der Waals surface area contributed by atoms with Crippen LogP contribution >= 0.6 is 0 Å². The minimum absolute atomic E-state index is 0.259. The SMILES string of the molecule is CN=C(NCC(C)C)NC(C)c1ccccc1. The summed E-state index contributed by atoms with van der Waals surface area (Å²) < 4.78 is 0. The smallest absolute Gasteiger partial charge is 0.191 e. The average Bonchev–Trinajstić information content (AvgIpc) is 2.35. The third kappa shape index (κ3) is 4.89. The first-order valence-corrected chi connectivity index (χ1v) is 6.15. The lowest BCUT2D eigenvalue weighted by atomic mass is 10.1. The van der Waals surface area contributed by atoms with Crippen LogP contribution in [0.2, 0.25) is 0 Å². The molecule has 0 fully saturated rings. The van der Waals surface area contributed by atoms with Gasteiger partial charge in [0.25, 0.3) is 0 Å². The summed E-state index contributed by atoms with van der Waals surface area (Å²) in [5.74, 6) is 1.47. The lowest BCUT2D eigenvalue weighted by Gasteiger charge is -2.19. The van der Waals surface area contributed by atoms with E-state index < -0.39 is 0 Å². The maximum Gasteiger partial charge on any atom is 0.191 e. The Balaban J connectivity index is 2.52. The largest absolute Gasteiger partial charge is 0.356 e. The van der Waals surface area contributed by atoms with Crippen molar-refractivity contribution in [2.45, 2.75) is 26.8 Å². The van der Waals surface area contributed by atoms with Crippen LogP contribution in [0.4, 0.5) is 0 Å². The lowest BCUT2D eigenvalue weighted by molar-refractivity contribution is 0.602. The zero-order chi connectivity index (χ0) is 12.7. The minimum atomic E-state index is 0.259. The van der Waals surface area contributed by atoms with Crippen molar-refractivity contribution >= 4 is 5.96 Å². The highest BCUT2D eigenvalue weighted by Gasteiger charge is 2.06. The molecule has 0 saturated carbocycles. The van der Waals surface area contributed by atoms with Crippen LogP contribution < -0.4 is 10.6 Å².